The van der Waals surface area contributed by atoms with E-state index < -0.39 is 22.7 Å². The minimum atomic E-state index is -4.63. The van der Waals surface area contributed by atoms with Gasteiger partial charge in [0, 0.05) is 18.3 Å². The van der Waals surface area contributed by atoms with Crippen LogP contribution in [0.4, 0.5) is 13.2 Å². The van der Waals surface area contributed by atoms with Crippen LogP contribution in [0.25, 0.3) is 11.4 Å². The highest BCUT2D eigenvalue weighted by Crippen LogP contribution is 2.37. The van der Waals surface area contributed by atoms with Gasteiger partial charge in [-0.3, -0.25) is 4.79 Å². The van der Waals surface area contributed by atoms with Crippen molar-refractivity contribution in [1.82, 2.24) is 19.9 Å². The summed E-state index contributed by atoms with van der Waals surface area (Å²) in [6.07, 6.45) is -2.34. The lowest BCUT2D eigenvalue weighted by Gasteiger charge is -2.29. The molecule has 1 aliphatic heterocycles. The maximum Gasteiger partial charge on any atom is 0.417 e. The molecule has 4 rings (SSSR count). The second-order valence-corrected chi connectivity index (χ2v) is 7.15. The van der Waals surface area contributed by atoms with Crippen molar-refractivity contribution in [3.8, 4) is 11.4 Å². The number of carbonyl (C=O) groups is 1. The van der Waals surface area contributed by atoms with Gasteiger partial charge in [-0.2, -0.15) is 13.2 Å². The van der Waals surface area contributed by atoms with Crippen LogP contribution >= 0.6 is 11.6 Å². The summed E-state index contributed by atoms with van der Waals surface area (Å²) in [5, 5.41) is -0.582. The van der Waals surface area contributed by atoms with Crippen LogP contribution < -0.4 is 0 Å². The average molecular weight is 421 g/mol. The second-order valence-electron chi connectivity index (χ2n) is 6.77. The number of aromatic nitrogens is 3. The first-order valence-corrected chi connectivity index (χ1v) is 9.28. The number of hydrogen-bond donors (Lipinski definition) is 1. The van der Waals surface area contributed by atoms with Crippen molar-refractivity contribution in [1.29, 1.82) is 0 Å². The normalized spacial score (nSPS) is 14.0. The Kier molecular flexibility index (Phi) is 4.82. The number of aromatic amines is 1. The lowest BCUT2D eigenvalue weighted by Crippen LogP contribution is -2.37. The lowest BCUT2D eigenvalue weighted by atomic mass is 10.00. The van der Waals surface area contributed by atoms with E-state index in [-0.39, 0.29) is 12.1 Å². The highest BCUT2D eigenvalue weighted by molar-refractivity contribution is 6.34. The van der Waals surface area contributed by atoms with Crippen LogP contribution in [-0.4, -0.2) is 32.3 Å². The molecule has 0 radical (unpaired) electrons. The Hall–Kier alpha value is -2.87. The Morgan fingerprint density at radius 1 is 1.21 bits per heavy atom. The third-order valence-electron chi connectivity index (χ3n) is 4.85. The molecular formula is C20H16ClF3N4O. The SMILES string of the molecule is Cc1nc2c(c(-c3ccc[nH]3)n1)CCN(C(=O)c1cccc(C(F)(F)F)c1Cl)C2. The quantitative estimate of drug-likeness (QED) is 0.656. The fraction of sp³-hybridized carbons (Fsp3) is 0.250. The molecule has 0 unspecified atom stereocenters. The van der Waals surface area contributed by atoms with Crippen LogP contribution in [0.1, 0.15) is 33.0 Å². The van der Waals surface area contributed by atoms with E-state index in [9.17, 15) is 18.0 Å². The van der Waals surface area contributed by atoms with E-state index >= 15 is 0 Å². The van der Waals surface area contributed by atoms with E-state index in [1.54, 1.807) is 13.1 Å². The summed E-state index contributed by atoms with van der Waals surface area (Å²) in [7, 11) is 0. The first-order chi connectivity index (χ1) is 13.8. The van der Waals surface area contributed by atoms with Gasteiger partial charge in [0.15, 0.2) is 0 Å². The summed E-state index contributed by atoms with van der Waals surface area (Å²) in [6.45, 7) is 2.27. The van der Waals surface area contributed by atoms with Gasteiger partial charge in [-0.1, -0.05) is 17.7 Å². The van der Waals surface area contributed by atoms with Gasteiger partial charge < -0.3 is 9.88 Å². The molecule has 0 spiro atoms. The van der Waals surface area contributed by atoms with Gasteiger partial charge in [-0.05, 0) is 37.6 Å². The summed E-state index contributed by atoms with van der Waals surface area (Å²) in [5.74, 6) is 0.00388. The van der Waals surface area contributed by atoms with E-state index in [0.717, 1.165) is 23.0 Å². The molecule has 3 aromatic rings. The molecule has 0 atom stereocenters. The number of fused-ring (bicyclic) bond motifs is 1. The molecule has 2 aromatic heterocycles. The second kappa shape index (κ2) is 7.18. The predicted octanol–water partition coefficient (Wildman–Crippen LogP) is 4.65. The van der Waals surface area contributed by atoms with Crippen LogP contribution in [0.3, 0.4) is 0 Å². The number of benzene rings is 1. The topological polar surface area (TPSA) is 61.9 Å². The molecule has 0 saturated heterocycles. The van der Waals surface area contributed by atoms with Crippen molar-refractivity contribution in [3.05, 3.63) is 69.8 Å². The zero-order valence-electron chi connectivity index (χ0n) is 15.3. The minimum Gasteiger partial charge on any atom is -0.360 e. The third-order valence-corrected chi connectivity index (χ3v) is 5.26. The molecule has 5 nitrogen and oxygen atoms in total. The van der Waals surface area contributed by atoms with Gasteiger partial charge in [-0.25, -0.2) is 9.97 Å². The fourth-order valence-electron chi connectivity index (χ4n) is 3.51. The number of nitrogens with one attached hydrogen (secondary N) is 1. The van der Waals surface area contributed by atoms with Crippen molar-refractivity contribution < 1.29 is 18.0 Å². The Bertz CT molecular complexity index is 1080. The van der Waals surface area contributed by atoms with E-state index in [4.69, 9.17) is 11.6 Å². The molecule has 0 saturated carbocycles. The number of hydrogen-bond acceptors (Lipinski definition) is 3. The Labute approximate surface area is 169 Å². The first-order valence-electron chi connectivity index (χ1n) is 8.91. The number of H-pyrrole nitrogens is 1. The van der Waals surface area contributed by atoms with E-state index in [1.807, 2.05) is 12.1 Å². The molecule has 150 valence electrons. The Morgan fingerprint density at radius 2 is 2.00 bits per heavy atom. The monoisotopic (exact) mass is 420 g/mol. The van der Waals surface area contributed by atoms with Crippen molar-refractivity contribution in [3.63, 3.8) is 0 Å². The van der Waals surface area contributed by atoms with Crippen molar-refractivity contribution in [2.45, 2.75) is 26.1 Å². The largest absolute Gasteiger partial charge is 0.417 e. The zero-order chi connectivity index (χ0) is 20.8. The summed E-state index contributed by atoms with van der Waals surface area (Å²) >= 11 is 5.93. The third kappa shape index (κ3) is 3.60. The van der Waals surface area contributed by atoms with Gasteiger partial charge in [0.25, 0.3) is 5.91 Å². The van der Waals surface area contributed by atoms with Gasteiger partial charge in [-0.15, -0.1) is 0 Å². The van der Waals surface area contributed by atoms with E-state index in [2.05, 4.69) is 15.0 Å². The molecule has 1 aliphatic rings. The van der Waals surface area contributed by atoms with Crippen LogP contribution in [0.2, 0.25) is 5.02 Å². The van der Waals surface area contributed by atoms with Crippen LogP contribution in [0.15, 0.2) is 36.5 Å². The average Bonchev–Trinajstić information content (AvgIpc) is 3.20. The van der Waals surface area contributed by atoms with E-state index in [1.165, 1.54) is 17.0 Å². The molecule has 29 heavy (non-hydrogen) atoms. The zero-order valence-corrected chi connectivity index (χ0v) is 16.1. The highest BCUT2D eigenvalue weighted by Gasteiger charge is 2.36. The molecule has 9 heteroatoms. The summed E-state index contributed by atoms with van der Waals surface area (Å²) in [6, 6.07) is 7.14. The molecule has 0 aliphatic carbocycles. The molecule has 1 amide bonds. The van der Waals surface area contributed by atoms with Gasteiger partial charge >= 0.3 is 6.18 Å². The number of carbonyl (C=O) groups excluding carboxylic acids is 1. The number of rotatable bonds is 2. The van der Waals surface area contributed by atoms with Crippen molar-refractivity contribution in [2.24, 2.45) is 0 Å². The molecule has 3 heterocycles. The minimum absolute atomic E-state index is 0.166. The summed E-state index contributed by atoms with van der Waals surface area (Å²) in [4.78, 5) is 26.5. The van der Waals surface area contributed by atoms with Crippen molar-refractivity contribution in [2.75, 3.05) is 6.54 Å². The lowest BCUT2D eigenvalue weighted by molar-refractivity contribution is -0.137. The standard InChI is InChI=1S/C20H16ClF3N4O/c1-11-26-16-10-28(9-7-12(16)18(27-11)15-6-3-8-25-15)19(29)13-4-2-5-14(17(13)21)20(22,23)24/h2-6,8,25H,7,9-10H2,1H3. The molecule has 1 aromatic carbocycles. The summed E-state index contributed by atoms with van der Waals surface area (Å²) in [5.41, 5.74) is 2.06. The number of halogens is 4. The predicted molar refractivity (Wildman–Crippen MR) is 101 cm³/mol. The van der Waals surface area contributed by atoms with Crippen molar-refractivity contribution >= 4 is 17.5 Å². The number of nitrogens with zero attached hydrogens (tertiary/aromatic N) is 3. The first kappa shape index (κ1) is 19.4. The van der Waals surface area contributed by atoms with Crippen LogP contribution in [0.5, 0.6) is 0 Å². The molecule has 0 bridgehead atoms. The smallest absolute Gasteiger partial charge is 0.360 e. The highest BCUT2D eigenvalue weighted by atomic mass is 35.5. The van der Waals surface area contributed by atoms with Gasteiger partial charge in [0.1, 0.15) is 5.82 Å². The maximum atomic E-state index is 13.1. The van der Waals surface area contributed by atoms with Gasteiger partial charge in [0.2, 0.25) is 0 Å². The Morgan fingerprint density at radius 3 is 2.69 bits per heavy atom. The van der Waals surface area contributed by atoms with Crippen LogP contribution in [-0.2, 0) is 19.1 Å². The number of alkyl halides is 3. The number of amides is 1. The maximum absolute atomic E-state index is 13.1. The van der Waals surface area contributed by atoms with Crippen LogP contribution in [0, 0.1) is 6.92 Å². The molecule has 0 fully saturated rings. The molecular weight excluding hydrogens is 405 g/mol. The summed E-state index contributed by atoms with van der Waals surface area (Å²) < 4.78 is 39.4. The number of aryl methyl sites for hydroxylation is 1. The fourth-order valence-corrected chi connectivity index (χ4v) is 3.83. The van der Waals surface area contributed by atoms with Gasteiger partial charge in [0.05, 0.1) is 39.8 Å². The van der Waals surface area contributed by atoms with E-state index in [0.29, 0.717) is 24.5 Å². The Balaban J connectivity index is 1.67. The molecule has 1 N–H and O–H groups in total.